The number of anilines is 2. The first-order chi connectivity index (χ1) is 14.5. The lowest BCUT2D eigenvalue weighted by Crippen LogP contribution is -2.44. The molecular formula is C21H22ClFN4O3. The van der Waals surface area contributed by atoms with Crippen LogP contribution >= 0.6 is 11.6 Å². The van der Waals surface area contributed by atoms with Gasteiger partial charge in [-0.3, -0.25) is 4.90 Å². The molecule has 30 heavy (non-hydrogen) atoms. The van der Waals surface area contributed by atoms with Crippen molar-refractivity contribution in [2.24, 2.45) is 0 Å². The van der Waals surface area contributed by atoms with Gasteiger partial charge in [0.05, 0.1) is 31.5 Å². The monoisotopic (exact) mass is 432 g/mol. The van der Waals surface area contributed by atoms with Crippen LogP contribution in [-0.2, 0) is 4.74 Å². The fraction of sp³-hybridized carbons (Fsp3) is 0.333. The maximum absolute atomic E-state index is 14.2. The topological polar surface area (TPSA) is 68.7 Å². The molecule has 1 aliphatic heterocycles. The quantitative estimate of drug-likeness (QED) is 0.625. The summed E-state index contributed by atoms with van der Waals surface area (Å²) in [6, 6.07) is 8.00. The van der Waals surface area contributed by atoms with Crippen molar-refractivity contribution in [3.8, 4) is 11.5 Å². The van der Waals surface area contributed by atoms with Crippen LogP contribution in [-0.4, -0.2) is 54.5 Å². The third-order valence-corrected chi connectivity index (χ3v) is 5.20. The molecule has 0 radical (unpaired) electrons. The third-order valence-electron chi connectivity index (χ3n) is 4.96. The van der Waals surface area contributed by atoms with Crippen molar-refractivity contribution in [2.75, 3.05) is 38.7 Å². The second-order valence-electron chi connectivity index (χ2n) is 6.86. The van der Waals surface area contributed by atoms with E-state index in [0.717, 1.165) is 13.1 Å². The summed E-state index contributed by atoms with van der Waals surface area (Å²) in [7, 11) is 1.57. The Hall–Kier alpha value is -2.68. The van der Waals surface area contributed by atoms with Gasteiger partial charge in [0, 0.05) is 29.6 Å². The molecule has 0 saturated carbocycles. The molecule has 1 saturated heterocycles. The lowest BCUT2D eigenvalue weighted by molar-refractivity contribution is -0.0379. The van der Waals surface area contributed by atoms with Crippen molar-refractivity contribution in [3.63, 3.8) is 0 Å². The van der Waals surface area contributed by atoms with Gasteiger partial charge in [0.15, 0.2) is 11.5 Å². The average molecular weight is 433 g/mol. The Morgan fingerprint density at radius 3 is 2.70 bits per heavy atom. The molecule has 1 aliphatic rings. The van der Waals surface area contributed by atoms with Gasteiger partial charge < -0.3 is 19.5 Å². The van der Waals surface area contributed by atoms with Crippen LogP contribution < -0.4 is 14.8 Å². The molecule has 9 heteroatoms. The van der Waals surface area contributed by atoms with Crippen molar-refractivity contribution in [1.29, 1.82) is 0 Å². The Balaban J connectivity index is 1.65. The molecule has 1 unspecified atom stereocenters. The fourth-order valence-electron chi connectivity index (χ4n) is 3.33. The highest BCUT2D eigenvalue weighted by Gasteiger charge is 2.21. The Bertz CT molecular complexity index is 1050. The first-order valence-electron chi connectivity index (χ1n) is 9.58. The minimum absolute atomic E-state index is 0.150. The summed E-state index contributed by atoms with van der Waals surface area (Å²) in [5.74, 6) is 1.09. The van der Waals surface area contributed by atoms with Gasteiger partial charge in [-0.1, -0.05) is 11.6 Å². The lowest BCUT2D eigenvalue weighted by atomic mass is 10.2. The summed E-state index contributed by atoms with van der Waals surface area (Å²) in [6.45, 7) is 4.98. The number of hydrogen-bond acceptors (Lipinski definition) is 7. The second-order valence-corrected chi connectivity index (χ2v) is 7.29. The van der Waals surface area contributed by atoms with Crippen LogP contribution in [0.4, 0.5) is 15.9 Å². The minimum atomic E-state index is -0.472. The minimum Gasteiger partial charge on any atom is -0.493 e. The number of nitrogens with zero attached hydrogens (tertiary/aromatic N) is 3. The van der Waals surface area contributed by atoms with Crippen LogP contribution in [0.5, 0.6) is 11.5 Å². The SMILES string of the molecule is COc1cc2c(Nc3ccc(Cl)cc3F)ncnc2cc1OC(C)N1CCOCC1. The predicted octanol–water partition coefficient (Wildman–Crippen LogP) is 4.23. The van der Waals surface area contributed by atoms with Crippen molar-refractivity contribution < 1.29 is 18.6 Å². The fourth-order valence-corrected chi connectivity index (χ4v) is 3.49. The highest BCUT2D eigenvalue weighted by Crippen LogP contribution is 2.36. The van der Waals surface area contributed by atoms with Crippen LogP contribution in [0, 0.1) is 5.82 Å². The Morgan fingerprint density at radius 2 is 1.97 bits per heavy atom. The Morgan fingerprint density at radius 1 is 1.17 bits per heavy atom. The number of morpholine rings is 1. The smallest absolute Gasteiger partial charge is 0.165 e. The lowest BCUT2D eigenvalue weighted by Gasteiger charge is -2.32. The summed E-state index contributed by atoms with van der Waals surface area (Å²) in [6.07, 6.45) is 1.27. The second kappa shape index (κ2) is 8.99. The molecule has 1 N–H and O–H groups in total. The largest absolute Gasteiger partial charge is 0.493 e. The van der Waals surface area contributed by atoms with Crippen LogP contribution in [0.25, 0.3) is 10.9 Å². The first kappa shape index (κ1) is 20.6. The number of rotatable bonds is 6. The molecule has 0 aliphatic carbocycles. The molecule has 0 spiro atoms. The maximum atomic E-state index is 14.2. The molecule has 1 fully saturated rings. The molecule has 1 atom stereocenters. The van der Waals surface area contributed by atoms with Gasteiger partial charge in [-0.25, -0.2) is 14.4 Å². The summed E-state index contributed by atoms with van der Waals surface area (Å²) in [5, 5.41) is 4.00. The molecule has 3 aromatic rings. The summed E-state index contributed by atoms with van der Waals surface area (Å²) < 4.78 is 31.3. The molecule has 158 valence electrons. The number of aromatic nitrogens is 2. The van der Waals surface area contributed by atoms with Gasteiger partial charge in [-0.2, -0.15) is 0 Å². The van der Waals surface area contributed by atoms with E-state index in [-0.39, 0.29) is 11.9 Å². The van der Waals surface area contributed by atoms with E-state index in [1.165, 1.54) is 12.4 Å². The zero-order valence-electron chi connectivity index (χ0n) is 16.7. The number of halogens is 2. The molecule has 2 heterocycles. The molecule has 0 amide bonds. The van der Waals surface area contributed by atoms with Crippen molar-refractivity contribution >= 4 is 34.0 Å². The van der Waals surface area contributed by atoms with E-state index in [0.29, 0.717) is 46.5 Å². The molecule has 7 nitrogen and oxygen atoms in total. The van der Waals surface area contributed by atoms with Gasteiger partial charge in [0.25, 0.3) is 0 Å². The van der Waals surface area contributed by atoms with Crippen LogP contribution in [0.1, 0.15) is 6.92 Å². The Kier molecular flexibility index (Phi) is 6.17. The predicted molar refractivity (Wildman–Crippen MR) is 113 cm³/mol. The van der Waals surface area contributed by atoms with Crippen molar-refractivity contribution in [3.05, 3.63) is 47.5 Å². The van der Waals surface area contributed by atoms with E-state index in [1.807, 2.05) is 6.92 Å². The summed E-state index contributed by atoms with van der Waals surface area (Å²) >= 11 is 5.84. The van der Waals surface area contributed by atoms with E-state index in [4.69, 9.17) is 25.8 Å². The van der Waals surface area contributed by atoms with Gasteiger partial charge >= 0.3 is 0 Å². The number of fused-ring (bicyclic) bond motifs is 1. The van der Waals surface area contributed by atoms with E-state index in [2.05, 4.69) is 20.2 Å². The maximum Gasteiger partial charge on any atom is 0.165 e. The van der Waals surface area contributed by atoms with Crippen LogP contribution in [0.15, 0.2) is 36.7 Å². The van der Waals surface area contributed by atoms with E-state index in [9.17, 15) is 4.39 Å². The van der Waals surface area contributed by atoms with Crippen LogP contribution in [0.3, 0.4) is 0 Å². The third kappa shape index (κ3) is 4.40. The highest BCUT2D eigenvalue weighted by molar-refractivity contribution is 6.30. The molecule has 2 aromatic carbocycles. The van der Waals surface area contributed by atoms with E-state index >= 15 is 0 Å². The van der Waals surface area contributed by atoms with E-state index < -0.39 is 5.82 Å². The molecular weight excluding hydrogens is 411 g/mol. The average Bonchev–Trinajstić information content (AvgIpc) is 2.76. The standard InChI is InChI=1S/C21H22ClFN4O3/c1-13(27-5-7-29-8-6-27)30-20-11-18-15(10-19(20)28-2)21(25-12-24-18)26-17-4-3-14(22)9-16(17)23/h3-4,9-13H,5-8H2,1-2H3,(H,24,25,26). The zero-order valence-corrected chi connectivity index (χ0v) is 17.4. The molecule has 0 bridgehead atoms. The molecule has 4 rings (SSSR count). The number of nitrogens with one attached hydrogen (secondary N) is 1. The van der Waals surface area contributed by atoms with Crippen molar-refractivity contribution in [1.82, 2.24) is 14.9 Å². The number of benzene rings is 2. The summed E-state index contributed by atoms with van der Waals surface area (Å²) in [4.78, 5) is 10.8. The van der Waals surface area contributed by atoms with E-state index in [1.54, 1.807) is 31.4 Å². The number of methoxy groups -OCH3 is 1. The van der Waals surface area contributed by atoms with Gasteiger partial charge in [-0.15, -0.1) is 0 Å². The summed E-state index contributed by atoms with van der Waals surface area (Å²) in [5.41, 5.74) is 0.909. The van der Waals surface area contributed by atoms with Crippen LogP contribution in [0.2, 0.25) is 5.02 Å². The Labute approximate surface area is 178 Å². The normalized spacial score (nSPS) is 15.7. The first-order valence-corrected chi connectivity index (χ1v) is 9.96. The molecule has 1 aromatic heterocycles. The zero-order chi connectivity index (χ0) is 21.1. The van der Waals surface area contributed by atoms with Gasteiger partial charge in [0.2, 0.25) is 0 Å². The van der Waals surface area contributed by atoms with Gasteiger partial charge in [0.1, 0.15) is 24.2 Å². The highest BCUT2D eigenvalue weighted by atomic mass is 35.5. The number of ether oxygens (including phenoxy) is 3. The van der Waals surface area contributed by atoms with Gasteiger partial charge in [-0.05, 0) is 31.2 Å². The van der Waals surface area contributed by atoms with Crippen molar-refractivity contribution in [2.45, 2.75) is 13.2 Å². The number of hydrogen-bond donors (Lipinski definition) is 1.